The summed E-state index contributed by atoms with van der Waals surface area (Å²) in [5.41, 5.74) is 1.81. The Bertz CT molecular complexity index is 876. The van der Waals surface area contributed by atoms with E-state index in [1.54, 1.807) is 24.2 Å². The molecule has 6 nitrogen and oxygen atoms in total. The predicted molar refractivity (Wildman–Crippen MR) is 95.7 cm³/mol. The zero-order valence-electron chi connectivity index (χ0n) is 14.4. The van der Waals surface area contributed by atoms with Crippen LogP contribution < -0.4 is 10.4 Å². The molecular weight excluding hydrogens is 348 g/mol. The third-order valence-corrected chi connectivity index (χ3v) is 7.38. The van der Waals surface area contributed by atoms with Gasteiger partial charge in [-0.2, -0.15) is 0 Å². The van der Waals surface area contributed by atoms with Gasteiger partial charge in [0, 0.05) is 53.5 Å². The van der Waals surface area contributed by atoms with Gasteiger partial charge in [0.2, 0.25) is 0 Å². The summed E-state index contributed by atoms with van der Waals surface area (Å²) in [7, 11) is 0. The molecule has 2 bridgehead atoms. The highest BCUT2D eigenvalue weighted by atomic mass is 32.2. The molecule has 3 fully saturated rings. The van der Waals surface area contributed by atoms with Crippen LogP contribution in [0, 0.1) is 5.41 Å². The van der Waals surface area contributed by atoms with Gasteiger partial charge in [0.15, 0.2) is 5.82 Å². The number of rotatable bonds is 3. The Balaban J connectivity index is 1.36. The molecule has 5 heterocycles. The van der Waals surface area contributed by atoms with E-state index >= 15 is 0 Å². The normalized spacial score (nSPS) is 28.8. The Morgan fingerprint density at radius 1 is 1.19 bits per heavy atom. The first-order valence-electron chi connectivity index (χ1n) is 9.03. The topological polar surface area (TPSA) is 77.9 Å². The van der Waals surface area contributed by atoms with Crippen LogP contribution in [0.3, 0.4) is 0 Å². The molecule has 4 aliphatic heterocycles. The van der Waals surface area contributed by atoms with E-state index in [0.29, 0.717) is 0 Å². The highest BCUT2D eigenvalue weighted by molar-refractivity contribution is 7.99. The molecule has 2 aromatic rings. The van der Waals surface area contributed by atoms with E-state index in [0.717, 1.165) is 71.4 Å². The highest BCUT2D eigenvalue weighted by Gasteiger charge is 2.49. The van der Waals surface area contributed by atoms with Gasteiger partial charge in [-0.15, -0.1) is 0 Å². The molecular formula is C19H20N4O2S. The van der Waals surface area contributed by atoms with Crippen molar-refractivity contribution >= 4 is 29.2 Å². The van der Waals surface area contributed by atoms with Crippen LogP contribution in [0.5, 0.6) is 0 Å². The third kappa shape index (κ3) is 2.49. The monoisotopic (exact) mass is 368 g/mol. The molecule has 134 valence electrons. The minimum absolute atomic E-state index is 0.559. The van der Waals surface area contributed by atoms with Crippen molar-refractivity contribution in [2.24, 2.45) is 5.41 Å². The first-order chi connectivity index (χ1) is 12.6. The smallest absolute Gasteiger partial charge is 0.163 e. The van der Waals surface area contributed by atoms with Gasteiger partial charge in [-0.1, -0.05) is 17.8 Å². The number of nitrogens with zero attached hydrogens (tertiary/aromatic N) is 3. The molecule has 0 radical (unpaired) electrons. The molecule has 7 heteroatoms. The lowest BCUT2D eigenvalue weighted by molar-refractivity contribution is -0.956. The van der Waals surface area contributed by atoms with E-state index in [1.165, 1.54) is 5.56 Å². The molecule has 3 saturated heterocycles. The van der Waals surface area contributed by atoms with Crippen LogP contribution in [0.15, 0.2) is 40.5 Å². The average molecular weight is 368 g/mol. The van der Waals surface area contributed by atoms with Gasteiger partial charge in [-0.3, -0.25) is 0 Å². The maximum Gasteiger partial charge on any atom is 0.163 e. The number of hydrogen-bond acceptors (Lipinski definition) is 6. The van der Waals surface area contributed by atoms with Crippen molar-refractivity contribution in [3.63, 3.8) is 0 Å². The average Bonchev–Trinajstić information content (AvgIpc) is 2.67. The Morgan fingerprint density at radius 3 is 2.65 bits per heavy atom. The lowest BCUT2D eigenvalue weighted by atomic mass is 9.70. The lowest BCUT2D eigenvalue weighted by Crippen LogP contribution is -2.64. The number of anilines is 2. The molecule has 0 spiro atoms. The minimum Gasteiger partial charge on any atom is -0.550 e. The number of aromatic nitrogens is 2. The molecule has 6 rings (SSSR count). The molecule has 0 unspecified atom stereocenters. The Hall–Kier alpha value is -2.12. The van der Waals surface area contributed by atoms with E-state index in [-0.39, 0.29) is 0 Å². The molecule has 0 aliphatic carbocycles. The van der Waals surface area contributed by atoms with Crippen LogP contribution in [0.1, 0.15) is 24.8 Å². The first kappa shape index (κ1) is 16.1. The largest absolute Gasteiger partial charge is 0.550 e. The SMILES string of the molecule is O=C([O-])C12CC[N+](Cc3ccc4c(c3)Nc3nccnc3S4)(CC1)CC2. The summed E-state index contributed by atoms with van der Waals surface area (Å²) >= 11 is 1.64. The third-order valence-electron chi connectivity index (χ3n) is 6.31. The maximum atomic E-state index is 11.5. The second-order valence-electron chi connectivity index (χ2n) is 7.76. The molecule has 1 aromatic carbocycles. The van der Waals surface area contributed by atoms with Gasteiger partial charge in [-0.25, -0.2) is 9.97 Å². The number of fused-ring (bicyclic) bond motifs is 5. The second kappa shape index (κ2) is 5.69. The van der Waals surface area contributed by atoms with Crippen LogP contribution >= 0.6 is 11.8 Å². The molecule has 0 amide bonds. The number of carbonyl (C=O) groups excluding carboxylic acids is 1. The van der Waals surface area contributed by atoms with E-state index in [1.807, 2.05) is 0 Å². The van der Waals surface area contributed by atoms with Gasteiger partial charge in [0.05, 0.1) is 25.3 Å². The quantitative estimate of drug-likeness (QED) is 0.712. The Morgan fingerprint density at radius 2 is 1.92 bits per heavy atom. The van der Waals surface area contributed by atoms with E-state index in [4.69, 9.17) is 0 Å². The van der Waals surface area contributed by atoms with E-state index in [2.05, 4.69) is 33.5 Å². The number of hydrogen-bond donors (Lipinski definition) is 1. The molecule has 1 aromatic heterocycles. The number of benzene rings is 1. The zero-order chi connectivity index (χ0) is 17.8. The summed E-state index contributed by atoms with van der Waals surface area (Å²) in [6.45, 7) is 3.75. The van der Waals surface area contributed by atoms with Crippen molar-refractivity contribution < 1.29 is 14.4 Å². The maximum absolute atomic E-state index is 11.5. The van der Waals surface area contributed by atoms with E-state index in [9.17, 15) is 9.90 Å². The van der Waals surface area contributed by atoms with Crippen molar-refractivity contribution in [3.05, 3.63) is 36.2 Å². The fraction of sp³-hybridized carbons (Fsp3) is 0.421. The number of piperidine rings is 3. The summed E-state index contributed by atoms with van der Waals surface area (Å²) in [6, 6.07) is 6.55. The number of quaternary nitrogens is 1. The van der Waals surface area contributed by atoms with Crippen molar-refractivity contribution in [1.29, 1.82) is 0 Å². The van der Waals surface area contributed by atoms with Gasteiger partial charge in [-0.05, 0) is 12.1 Å². The number of nitrogens with one attached hydrogen (secondary N) is 1. The molecule has 1 N–H and O–H groups in total. The Labute approximate surface area is 156 Å². The zero-order valence-corrected chi connectivity index (χ0v) is 15.2. The first-order valence-corrected chi connectivity index (χ1v) is 9.85. The van der Waals surface area contributed by atoms with Gasteiger partial charge >= 0.3 is 0 Å². The van der Waals surface area contributed by atoms with Gasteiger partial charge in [0.25, 0.3) is 0 Å². The van der Waals surface area contributed by atoms with Crippen molar-refractivity contribution in [2.75, 3.05) is 25.0 Å². The number of aliphatic carboxylic acids is 1. The van der Waals surface area contributed by atoms with Crippen LogP contribution in [0.2, 0.25) is 0 Å². The van der Waals surface area contributed by atoms with Crippen molar-refractivity contribution in [1.82, 2.24) is 9.97 Å². The highest BCUT2D eigenvalue weighted by Crippen LogP contribution is 2.46. The van der Waals surface area contributed by atoms with Crippen molar-refractivity contribution in [2.45, 2.75) is 35.7 Å². The van der Waals surface area contributed by atoms with Gasteiger partial charge in [0.1, 0.15) is 11.6 Å². The number of carbonyl (C=O) groups is 1. The van der Waals surface area contributed by atoms with E-state index < -0.39 is 11.4 Å². The van der Waals surface area contributed by atoms with Crippen molar-refractivity contribution in [3.8, 4) is 0 Å². The van der Waals surface area contributed by atoms with Crippen LogP contribution in [-0.2, 0) is 11.3 Å². The summed E-state index contributed by atoms with van der Waals surface area (Å²) in [4.78, 5) is 21.4. The fourth-order valence-electron chi connectivity index (χ4n) is 4.57. The van der Waals surface area contributed by atoms with Crippen LogP contribution in [-0.4, -0.2) is 40.1 Å². The number of carboxylic acids is 1. The van der Waals surface area contributed by atoms with Gasteiger partial charge < -0.3 is 19.7 Å². The number of carboxylic acid groups (broad SMARTS) is 1. The molecule has 4 aliphatic rings. The standard InChI is InChI=1S/C19H20N4O2S/c24-18(25)19-3-8-23(9-4-19,10-5-19)12-13-1-2-15-14(11-13)22-16-17(26-15)21-7-6-20-16/h1-2,6-7,11H,3-5,8-10,12H2,(H-,20,22,24,25). The molecule has 0 atom stereocenters. The Kier molecular flexibility index (Phi) is 3.52. The summed E-state index contributed by atoms with van der Waals surface area (Å²) < 4.78 is 0.997. The lowest BCUT2D eigenvalue weighted by Gasteiger charge is -2.55. The van der Waals surface area contributed by atoms with Crippen LogP contribution in [0.4, 0.5) is 11.5 Å². The molecule has 26 heavy (non-hydrogen) atoms. The molecule has 0 saturated carbocycles. The second-order valence-corrected chi connectivity index (χ2v) is 8.79. The predicted octanol–water partition coefficient (Wildman–Crippen LogP) is 1.94. The minimum atomic E-state index is -0.843. The van der Waals surface area contributed by atoms with Crippen LogP contribution in [0.25, 0.3) is 0 Å². The fourth-order valence-corrected chi connectivity index (χ4v) is 5.45. The summed E-state index contributed by atoms with van der Waals surface area (Å²) in [6.07, 6.45) is 5.65. The summed E-state index contributed by atoms with van der Waals surface area (Å²) in [5.74, 6) is -0.0337. The summed E-state index contributed by atoms with van der Waals surface area (Å²) in [5, 5.41) is 15.8.